The topological polar surface area (TPSA) is 3.24 Å². The van der Waals surface area contributed by atoms with Crippen molar-refractivity contribution in [2.45, 2.75) is 19.3 Å². The number of rotatable bonds is 7. The minimum Gasteiger partial charge on any atom is -0.311 e. The first kappa shape index (κ1) is 33.6. The van der Waals surface area contributed by atoms with Gasteiger partial charge in [0.1, 0.15) is 0 Å². The van der Waals surface area contributed by atoms with Crippen LogP contribution < -0.4 is 4.90 Å². The molecule has 0 fully saturated rings. The normalized spacial score (nSPS) is 12.6. The summed E-state index contributed by atoms with van der Waals surface area (Å²) in [6.07, 6.45) is 0. The van der Waals surface area contributed by atoms with Gasteiger partial charge in [0.2, 0.25) is 0 Å². The molecule has 0 heterocycles. The minimum atomic E-state index is -0.0350. The van der Waals surface area contributed by atoms with Gasteiger partial charge in [-0.25, -0.2) is 0 Å². The molecule has 1 heteroatoms. The van der Waals surface area contributed by atoms with Crippen LogP contribution in [-0.2, 0) is 5.41 Å². The SMILES string of the molecule is CC1(C)c2ccccc2-c2c(-c3ccc(N(c4ccc(-c5cccc(-c6ccccc6)c5)cc4)c4ccc(-c5ccc6ccccc6c5)cc4)cc3)cccc21. The molecule has 0 aliphatic heterocycles. The first-order chi connectivity index (χ1) is 27.5. The molecule has 0 saturated heterocycles. The van der Waals surface area contributed by atoms with E-state index in [1.807, 2.05) is 0 Å². The van der Waals surface area contributed by atoms with Gasteiger partial charge in [-0.15, -0.1) is 0 Å². The molecule has 0 saturated carbocycles. The smallest absolute Gasteiger partial charge is 0.0462 e. The second-order valence-electron chi connectivity index (χ2n) is 15.4. The van der Waals surface area contributed by atoms with Crippen molar-refractivity contribution in [2.24, 2.45) is 0 Å². The van der Waals surface area contributed by atoms with E-state index < -0.39 is 0 Å². The Bertz CT molecular complexity index is 2850. The predicted molar refractivity (Wildman–Crippen MR) is 238 cm³/mol. The number of anilines is 3. The maximum atomic E-state index is 2.37. The maximum Gasteiger partial charge on any atom is 0.0462 e. The highest BCUT2D eigenvalue weighted by Gasteiger charge is 2.36. The fourth-order valence-corrected chi connectivity index (χ4v) is 8.72. The Labute approximate surface area is 329 Å². The number of fused-ring (bicyclic) bond motifs is 4. The second kappa shape index (κ2) is 13.7. The monoisotopic (exact) mass is 715 g/mol. The third kappa shape index (κ3) is 5.90. The summed E-state index contributed by atoms with van der Waals surface area (Å²) in [7, 11) is 0. The molecule has 0 N–H and O–H groups in total. The largest absolute Gasteiger partial charge is 0.311 e. The second-order valence-corrected chi connectivity index (χ2v) is 15.4. The van der Waals surface area contributed by atoms with Gasteiger partial charge in [0.05, 0.1) is 0 Å². The molecule has 0 bridgehead atoms. The van der Waals surface area contributed by atoms with Crippen molar-refractivity contribution in [3.8, 4) is 55.6 Å². The van der Waals surface area contributed by atoms with Crippen LogP contribution in [-0.4, -0.2) is 0 Å². The van der Waals surface area contributed by atoms with Crippen molar-refractivity contribution in [3.05, 3.63) is 223 Å². The Morgan fingerprint density at radius 2 is 0.750 bits per heavy atom. The zero-order valence-electron chi connectivity index (χ0n) is 31.7. The van der Waals surface area contributed by atoms with E-state index >= 15 is 0 Å². The van der Waals surface area contributed by atoms with Crippen molar-refractivity contribution in [1.82, 2.24) is 0 Å². The van der Waals surface area contributed by atoms with E-state index in [9.17, 15) is 0 Å². The van der Waals surface area contributed by atoms with Crippen LogP contribution in [0.15, 0.2) is 212 Å². The molecule has 9 aromatic rings. The van der Waals surface area contributed by atoms with Crippen molar-refractivity contribution >= 4 is 27.8 Å². The Morgan fingerprint density at radius 1 is 0.304 bits per heavy atom. The standard InChI is InChI=1S/C55H41N/c1-55(2)52-20-9-8-18-51(52)54-50(19-11-21-53(54)55)42-28-34-49(35-29-42)56(48-32-26-41(27-33-48)46-23-22-39-14-6-7-15-43(39)37-46)47-30-24-40(25-31-47)45-17-10-16-44(36-45)38-12-4-3-5-13-38/h3-37H,1-2H3. The average Bonchev–Trinajstić information content (AvgIpc) is 3.50. The lowest BCUT2D eigenvalue weighted by Gasteiger charge is -2.26. The Kier molecular flexibility index (Phi) is 8.23. The Morgan fingerprint density at radius 3 is 1.41 bits per heavy atom. The maximum absolute atomic E-state index is 2.37. The van der Waals surface area contributed by atoms with Crippen molar-refractivity contribution in [1.29, 1.82) is 0 Å². The molecular formula is C55H41N. The van der Waals surface area contributed by atoms with Gasteiger partial charge in [0.25, 0.3) is 0 Å². The van der Waals surface area contributed by atoms with Crippen LogP contribution >= 0.6 is 0 Å². The molecule has 0 atom stereocenters. The molecule has 1 aliphatic rings. The van der Waals surface area contributed by atoms with Crippen LogP contribution in [0.3, 0.4) is 0 Å². The van der Waals surface area contributed by atoms with E-state index in [0.717, 1.165) is 17.1 Å². The molecule has 266 valence electrons. The highest BCUT2D eigenvalue weighted by Crippen LogP contribution is 2.52. The number of hydrogen-bond donors (Lipinski definition) is 0. The van der Waals surface area contributed by atoms with Crippen LogP contribution in [0.25, 0.3) is 66.4 Å². The van der Waals surface area contributed by atoms with E-state index in [2.05, 4.69) is 231 Å². The summed E-state index contributed by atoms with van der Waals surface area (Å²) >= 11 is 0. The summed E-state index contributed by atoms with van der Waals surface area (Å²) in [6, 6.07) is 77.5. The number of hydrogen-bond acceptors (Lipinski definition) is 1. The molecule has 10 rings (SSSR count). The fourth-order valence-electron chi connectivity index (χ4n) is 8.72. The molecule has 1 aliphatic carbocycles. The lowest BCUT2D eigenvalue weighted by atomic mass is 9.82. The van der Waals surface area contributed by atoms with Gasteiger partial charge in [0, 0.05) is 22.5 Å². The highest BCUT2D eigenvalue weighted by molar-refractivity contribution is 5.93. The van der Waals surface area contributed by atoms with Crippen LogP contribution in [0.4, 0.5) is 17.1 Å². The zero-order valence-corrected chi connectivity index (χ0v) is 31.7. The molecule has 0 radical (unpaired) electrons. The van der Waals surface area contributed by atoms with Gasteiger partial charge in [-0.1, -0.05) is 178 Å². The van der Waals surface area contributed by atoms with Crippen LogP contribution in [0.1, 0.15) is 25.0 Å². The van der Waals surface area contributed by atoms with Gasteiger partial charge in [-0.05, 0) is 126 Å². The average molecular weight is 716 g/mol. The fraction of sp³-hybridized carbons (Fsp3) is 0.0545. The lowest BCUT2D eigenvalue weighted by molar-refractivity contribution is 0.660. The minimum absolute atomic E-state index is 0.0350. The van der Waals surface area contributed by atoms with Crippen molar-refractivity contribution in [2.75, 3.05) is 4.90 Å². The summed E-state index contributed by atoms with van der Waals surface area (Å²) in [6.45, 7) is 4.69. The summed E-state index contributed by atoms with van der Waals surface area (Å²) in [5.74, 6) is 0. The quantitative estimate of drug-likeness (QED) is 0.159. The van der Waals surface area contributed by atoms with Crippen LogP contribution in [0, 0.1) is 0 Å². The van der Waals surface area contributed by atoms with E-state index in [0.29, 0.717) is 0 Å². The van der Waals surface area contributed by atoms with Gasteiger partial charge in [0.15, 0.2) is 0 Å². The van der Waals surface area contributed by atoms with Crippen molar-refractivity contribution < 1.29 is 0 Å². The lowest BCUT2D eigenvalue weighted by Crippen LogP contribution is -2.14. The first-order valence-corrected chi connectivity index (χ1v) is 19.5. The number of benzene rings is 9. The van der Waals surface area contributed by atoms with Crippen LogP contribution in [0.5, 0.6) is 0 Å². The summed E-state index contributed by atoms with van der Waals surface area (Å²) in [5, 5.41) is 2.51. The summed E-state index contributed by atoms with van der Waals surface area (Å²) < 4.78 is 0. The van der Waals surface area contributed by atoms with E-state index in [1.165, 1.54) is 77.5 Å². The highest BCUT2D eigenvalue weighted by atomic mass is 15.1. The van der Waals surface area contributed by atoms with Gasteiger partial charge in [-0.3, -0.25) is 0 Å². The third-order valence-corrected chi connectivity index (χ3v) is 11.7. The van der Waals surface area contributed by atoms with E-state index in [4.69, 9.17) is 0 Å². The van der Waals surface area contributed by atoms with Crippen molar-refractivity contribution in [3.63, 3.8) is 0 Å². The Balaban J connectivity index is 1.03. The Hall–Kier alpha value is -6.96. The van der Waals surface area contributed by atoms with Gasteiger partial charge in [-0.2, -0.15) is 0 Å². The predicted octanol–water partition coefficient (Wildman–Crippen LogP) is 15.3. The molecule has 0 amide bonds. The molecule has 0 spiro atoms. The third-order valence-electron chi connectivity index (χ3n) is 11.7. The molecular weight excluding hydrogens is 675 g/mol. The van der Waals surface area contributed by atoms with E-state index in [1.54, 1.807) is 0 Å². The van der Waals surface area contributed by atoms with E-state index in [-0.39, 0.29) is 5.41 Å². The summed E-state index contributed by atoms with van der Waals surface area (Å²) in [5.41, 5.74) is 18.5. The number of nitrogens with zero attached hydrogens (tertiary/aromatic N) is 1. The van der Waals surface area contributed by atoms with Gasteiger partial charge < -0.3 is 4.90 Å². The zero-order chi connectivity index (χ0) is 37.6. The summed E-state index contributed by atoms with van der Waals surface area (Å²) in [4.78, 5) is 2.37. The molecule has 0 unspecified atom stereocenters. The molecule has 9 aromatic carbocycles. The molecule has 56 heavy (non-hydrogen) atoms. The van der Waals surface area contributed by atoms with Crippen LogP contribution in [0.2, 0.25) is 0 Å². The first-order valence-electron chi connectivity index (χ1n) is 19.5. The molecule has 0 aromatic heterocycles. The molecule has 1 nitrogen and oxygen atoms in total. The van der Waals surface area contributed by atoms with Gasteiger partial charge >= 0.3 is 0 Å².